The fourth-order valence-corrected chi connectivity index (χ4v) is 2.68. The highest BCUT2D eigenvalue weighted by Gasteiger charge is 2.44. The molecule has 1 fully saturated rings. The first-order valence-corrected chi connectivity index (χ1v) is 6.25. The number of methoxy groups -OCH3 is 1. The number of carboxylic acids is 1. The van der Waals surface area contributed by atoms with Crippen LogP contribution in [-0.2, 0) is 9.59 Å². The zero-order chi connectivity index (χ0) is 14.0. The molecule has 1 heterocycles. The van der Waals surface area contributed by atoms with Gasteiger partial charge >= 0.3 is 5.97 Å². The van der Waals surface area contributed by atoms with Crippen molar-refractivity contribution in [1.82, 2.24) is 4.90 Å². The van der Waals surface area contributed by atoms with Crippen molar-refractivity contribution in [2.45, 2.75) is 19.4 Å². The number of benzene rings is 1. The van der Waals surface area contributed by atoms with Crippen LogP contribution < -0.4 is 4.74 Å². The summed E-state index contributed by atoms with van der Waals surface area (Å²) in [5.74, 6) is -1.17. The van der Waals surface area contributed by atoms with Crippen molar-refractivity contribution in [3.05, 3.63) is 29.8 Å². The molecule has 2 atom stereocenters. The van der Waals surface area contributed by atoms with Crippen LogP contribution in [0.4, 0.5) is 0 Å². The molecule has 1 N–H and O–H groups in total. The van der Waals surface area contributed by atoms with Crippen molar-refractivity contribution >= 4 is 11.9 Å². The molecule has 1 aromatic carbocycles. The molecule has 0 spiro atoms. The van der Waals surface area contributed by atoms with Gasteiger partial charge in [-0.2, -0.15) is 0 Å². The average molecular weight is 263 g/mol. The molecule has 0 aliphatic carbocycles. The lowest BCUT2D eigenvalue weighted by Crippen LogP contribution is -2.30. The maximum Gasteiger partial charge on any atom is 0.309 e. The third-order valence-electron chi connectivity index (χ3n) is 3.55. The summed E-state index contributed by atoms with van der Waals surface area (Å²) in [4.78, 5) is 24.9. The zero-order valence-corrected chi connectivity index (χ0v) is 11.0. The second-order valence-corrected chi connectivity index (χ2v) is 4.52. The molecule has 102 valence electrons. The lowest BCUT2D eigenvalue weighted by atomic mass is 9.93. The van der Waals surface area contributed by atoms with Crippen molar-refractivity contribution in [1.29, 1.82) is 0 Å². The number of para-hydroxylation sites is 1. The van der Waals surface area contributed by atoms with Crippen LogP contribution in [0.5, 0.6) is 5.75 Å². The SMILES string of the molecule is CCN1C(=O)C[C@H](C(=O)O)[C@H]1c1ccccc1OC. The molecule has 0 bridgehead atoms. The quantitative estimate of drug-likeness (QED) is 0.897. The first kappa shape index (κ1) is 13.4. The molecule has 0 radical (unpaired) electrons. The van der Waals surface area contributed by atoms with E-state index in [1.165, 1.54) is 0 Å². The molecule has 1 amide bonds. The largest absolute Gasteiger partial charge is 0.496 e. The molecule has 1 aliphatic rings. The van der Waals surface area contributed by atoms with E-state index in [1.807, 2.05) is 25.1 Å². The van der Waals surface area contributed by atoms with E-state index in [4.69, 9.17) is 4.74 Å². The van der Waals surface area contributed by atoms with Gasteiger partial charge < -0.3 is 14.7 Å². The minimum atomic E-state index is -0.944. The fourth-order valence-electron chi connectivity index (χ4n) is 2.68. The number of carboxylic acid groups (broad SMARTS) is 1. The summed E-state index contributed by atoms with van der Waals surface area (Å²) >= 11 is 0. The number of rotatable bonds is 4. The Morgan fingerprint density at radius 3 is 2.74 bits per heavy atom. The van der Waals surface area contributed by atoms with Crippen LogP contribution in [0.1, 0.15) is 24.9 Å². The van der Waals surface area contributed by atoms with Gasteiger partial charge in [0.1, 0.15) is 5.75 Å². The molecule has 1 saturated heterocycles. The van der Waals surface area contributed by atoms with Gasteiger partial charge in [-0.25, -0.2) is 0 Å². The molecule has 0 aromatic heterocycles. The normalized spacial score (nSPS) is 22.6. The second kappa shape index (κ2) is 5.30. The Bertz CT molecular complexity index is 500. The van der Waals surface area contributed by atoms with E-state index in [9.17, 15) is 14.7 Å². The Kier molecular flexibility index (Phi) is 3.74. The summed E-state index contributed by atoms with van der Waals surface area (Å²) in [5, 5.41) is 9.32. The minimum absolute atomic E-state index is 0.0475. The van der Waals surface area contributed by atoms with Gasteiger partial charge in [-0.05, 0) is 13.0 Å². The van der Waals surface area contributed by atoms with Gasteiger partial charge in [0.25, 0.3) is 0 Å². The molecule has 19 heavy (non-hydrogen) atoms. The number of aliphatic carboxylic acids is 1. The monoisotopic (exact) mass is 263 g/mol. The lowest BCUT2D eigenvalue weighted by Gasteiger charge is -2.27. The number of hydrogen-bond donors (Lipinski definition) is 1. The van der Waals surface area contributed by atoms with Crippen LogP contribution >= 0.6 is 0 Å². The van der Waals surface area contributed by atoms with Crippen LogP contribution in [0.2, 0.25) is 0 Å². The van der Waals surface area contributed by atoms with Crippen LogP contribution in [0.3, 0.4) is 0 Å². The topological polar surface area (TPSA) is 66.8 Å². The zero-order valence-electron chi connectivity index (χ0n) is 11.0. The van der Waals surface area contributed by atoms with Gasteiger partial charge in [-0.15, -0.1) is 0 Å². The standard InChI is InChI=1S/C14H17NO4/c1-3-15-12(16)8-10(14(17)18)13(15)9-6-4-5-7-11(9)19-2/h4-7,10,13H,3,8H2,1-2H3,(H,17,18)/t10-,13+/m0/s1. The number of carbonyl (C=O) groups excluding carboxylic acids is 1. The van der Waals surface area contributed by atoms with E-state index in [2.05, 4.69) is 0 Å². The van der Waals surface area contributed by atoms with E-state index in [-0.39, 0.29) is 12.3 Å². The van der Waals surface area contributed by atoms with Crippen molar-refractivity contribution in [3.8, 4) is 5.75 Å². The first-order chi connectivity index (χ1) is 9.10. The van der Waals surface area contributed by atoms with E-state index in [1.54, 1.807) is 18.1 Å². The van der Waals surface area contributed by atoms with E-state index < -0.39 is 17.9 Å². The predicted molar refractivity (Wildman–Crippen MR) is 68.9 cm³/mol. The third-order valence-corrected chi connectivity index (χ3v) is 3.55. The van der Waals surface area contributed by atoms with Gasteiger partial charge in [-0.1, -0.05) is 18.2 Å². The molecule has 0 unspecified atom stereocenters. The van der Waals surface area contributed by atoms with Gasteiger partial charge in [0.2, 0.25) is 5.91 Å². The molecular formula is C14H17NO4. The molecule has 0 saturated carbocycles. The fraction of sp³-hybridized carbons (Fsp3) is 0.429. The number of amides is 1. The summed E-state index contributed by atoms with van der Waals surface area (Å²) in [6, 6.07) is 6.80. The highest BCUT2D eigenvalue weighted by molar-refractivity contribution is 5.87. The van der Waals surface area contributed by atoms with Crippen molar-refractivity contribution in [2.24, 2.45) is 5.92 Å². The molecular weight excluding hydrogens is 246 g/mol. The van der Waals surface area contributed by atoms with Crippen molar-refractivity contribution < 1.29 is 19.4 Å². The molecule has 1 aromatic rings. The highest BCUT2D eigenvalue weighted by Crippen LogP contribution is 2.41. The van der Waals surface area contributed by atoms with Gasteiger partial charge in [0, 0.05) is 18.5 Å². The van der Waals surface area contributed by atoms with Crippen molar-refractivity contribution in [3.63, 3.8) is 0 Å². The maximum atomic E-state index is 11.9. The van der Waals surface area contributed by atoms with E-state index in [0.29, 0.717) is 12.3 Å². The Morgan fingerprint density at radius 1 is 1.47 bits per heavy atom. The average Bonchev–Trinajstić information content (AvgIpc) is 2.75. The number of carbonyl (C=O) groups is 2. The predicted octanol–water partition coefficient (Wildman–Crippen LogP) is 1.69. The Labute approximate surface area is 111 Å². The number of hydrogen-bond acceptors (Lipinski definition) is 3. The van der Waals surface area contributed by atoms with Crippen LogP contribution in [0.15, 0.2) is 24.3 Å². The van der Waals surface area contributed by atoms with E-state index >= 15 is 0 Å². The Morgan fingerprint density at radius 2 is 2.16 bits per heavy atom. The number of ether oxygens (including phenoxy) is 1. The number of likely N-dealkylation sites (tertiary alicyclic amines) is 1. The van der Waals surface area contributed by atoms with Gasteiger partial charge in [0.15, 0.2) is 0 Å². The summed E-state index contributed by atoms with van der Waals surface area (Å²) in [5.41, 5.74) is 0.755. The van der Waals surface area contributed by atoms with Gasteiger partial charge in [0.05, 0.1) is 19.1 Å². The number of nitrogens with zero attached hydrogens (tertiary/aromatic N) is 1. The molecule has 5 heteroatoms. The van der Waals surface area contributed by atoms with Crippen LogP contribution in [-0.4, -0.2) is 35.5 Å². The summed E-state index contributed by atoms with van der Waals surface area (Å²) in [6.07, 6.45) is 0.0475. The maximum absolute atomic E-state index is 11.9. The van der Waals surface area contributed by atoms with E-state index in [0.717, 1.165) is 5.56 Å². The molecule has 1 aliphatic heterocycles. The third kappa shape index (κ3) is 2.28. The summed E-state index contributed by atoms with van der Waals surface area (Å²) in [6.45, 7) is 2.34. The Hall–Kier alpha value is -2.04. The Balaban J connectivity index is 2.48. The highest BCUT2D eigenvalue weighted by atomic mass is 16.5. The van der Waals surface area contributed by atoms with Gasteiger partial charge in [-0.3, -0.25) is 9.59 Å². The summed E-state index contributed by atoms with van der Waals surface area (Å²) in [7, 11) is 1.54. The van der Waals surface area contributed by atoms with Crippen molar-refractivity contribution in [2.75, 3.05) is 13.7 Å². The minimum Gasteiger partial charge on any atom is -0.496 e. The van der Waals surface area contributed by atoms with Crippen LogP contribution in [0, 0.1) is 5.92 Å². The molecule has 5 nitrogen and oxygen atoms in total. The molecule has 2 rings (SSSR count). The first-order valence-electron chi connectivity index (χ1n) is 6.25. The smallest absolute Gasteiger partial charge is 0.309 e. The second-order valence-electron chi connectivity index (χ2n) is 4.52. The van der Waals surface area contributed by atoms with Crippen LogP contribution in [0.25, 0.3) is 0 Å². The summed E-state index contributed by atoms with van der Waals surface area (Å²) < 4.78 is 5.28. The lowest BCUT2D eigenvalue weighted by molar-refractivity contribution is -0.142.